The van der Waals surface area contributed by atoms with Crippen molar-refractivity contribution in [3.05, 3.63) is 34.9 Å². The number of rotatable bonds is 5. The van der Waals surface area contributed by atoms with Crippen molar-refractivity contribution in [2.75, 3.05) is 6.54 Å². The van der Waals surface area contributed by atoms with E-state index in [0.29, 0.717) is 18.1 Å². The van der Waals surface area contributed by atoms with Crippen LogP contribution < -0.4 is 5.32 Å². The number of hydrogen-bond acceptors (Lipinski definition) is 4. The normalized spacial score (nSPS) is 10.5. The first kappa shape index (κ1) is 14.1. The fourth-order valence-electron chi connectivity index (χ4n) is 1.69. The van der Waals surface area contributed by atoms with Crippen LogP contribution in [0.2, 0.25) is 5.02 Å². The van der Waals surface area contributed by atoms with Crippen LogP contribution in [0.5, 0.6) is 0 Å². The minimum atomic E-state index is -1.19. The Morgan fingerprint density at radius 2 is 2.15 bits per heavy atom. The van der Waals surface area contributed by atoms with Crippen molar-refractivity contribution in [3.63, 3.8) is 0 Å². The van der Waals surface area contributed by atoms with E-state index in [9.17, 15) is 9.59 Å². The number of nitrogens with zero attached hydrogens (tertiary/aromatic N) is 4. The number of nitrogens with one attached hydrogen (secondary N) is 1. The number of aromatic nitrogens is 4. The van der Waals surface area contributed by atoms with Crippen molar-refractivity contribution < 1.29 is 14.7 Å². The fourth-order valence-corrected chi connectivity index (χ4v) is 1.85. The summed E-state index contributed by atoms with van der Waals surface area (Å²) in [5, 5.41) is 19.8. The summed E-state index contributed by atoms with van der Waals surface area (Å²) in [5.74, 6) is -1.69. The molecule has 0 fully saturated rings. The molecule has 2 rings (SSSR count). The Morgan fingerprint density at radius 3 is 2.75 bits per heavy atom. The lowest BCUT2D eigenvalue weighted by Crippen LogP contribution is -2.30. The van der Waals surface area contributed by atoms with Crippen molar-refractivity contribution >= 4 is 23.5 Å². The van der Waals surface area contributed by atoms with E-state index in [4.69, 9.17) is 16.7 Å². The van der Waals surface area contributed by atoms with Gasteiger partial charge < -0.3 is 10.4 Å². The topological polar surface area (TPSA) is 102 Å². The zero-order chi connectivity index (χ0) is 14.7. The lowest BCUT2D eigenvalue weighted by atomic mass is 10.2. The molecule has 0 aliphatic carbocycles. The highest BCUT2D eigenvalue weighted by Gasteiger charge is 2.21. The molecular weight excluding hydrogens is 286 g/mol. The molecular formula is C11H12ClN5O3. The predicted octanol–water partition coefficient (Wildman–Crippen LogP) is 0.398. The number of aromatic carboxylic acids is 1. The Morgan fingerprint density at radius 1 is 1.40 bits per heavy atom. The van der Waals surface area contributed by atoms with Crippen LogP contribution in [0.25, 0.3) is 0 Å². The van der Waals surface area contributed by atoms with Crippen molar-refractivity contribution in [2.24, 2.45) is 7.05 Å². The second-order valence-corrected chi connectivity index (χ2v) is 4.45. The number of hydrogen-bond donors (Lipinski definition) is 2. The van der Waals surface area contributed by atoms with E-state index in [1.165, 1.54) is 17.9 Å². The molecule has 0 aliphatic rings. The number of carboxylic acid groups (broad SMARTS) is 1. The molecule has 9 heteroatoms. The molecule has 8 nitrogen and oxygen atoms in total. The largest absolute Gasteiger partial charge is 0.478 e. The van der Waals surface area contributed by atoms with E-state index in [1.54, 1.807) is 10.9 Å². The van der Waals surface area contributed by atoms with Gasteiger partial charge in [-0.05, 0) is 0 Å². The number of aryl methyl sites for hydroxylation is 1. The number of amides is 1. The smallest absolute Gasteiger partial charge is 0.339 e. The lowest BCUT2D eigenvalue weighted by molar-refractivity contribution is 0.0690. The van der Waals surface area contributed by atoms with Gasteiger partial charge in [-0.3, -0.25) is 14.2 Å². The number of halogens is 1. The predicted molar refractivity (Wildman–Crippen MR) is 69.7 cm³/mol. The second-order valence-electron chi connectivity index (χ2n) is 4.01. The van der Waals surface area contributed by atoms with E-state index < -0.39 is 11.9 Å². The van der Waals surface area contributed by atoms with E-state index in [0.717, 1.165) is 6.20 Å². The molecule has 0 bridgehead atoms. The maximum atomic E-state index is 12.0. The Bertz CT molecular complexity index is 648. The molecule has 2 aromatic rings. The summed E-state index contributed by atoms with van der Waals surface area (Å²) in [7, 11) is 1.51. The van der Waals surface area contributed by atoms with Gasteiger partial charge in [0.15, 0.2) is 0 Å². The minimum Gasteiger partial charge on any atom is -0.478 e. The third-order valence-corrected chi connectivity index (χ3v) is 2.81. The maximum absolute atomic E-state index is 12.0. The monoisotopic (exact) mass is 297 g/mol. The van der Waals surface area contributed by atoms with Crippen LogP contribution in [0, 0.1) is 0 Å². The summed E-state index contributed by atoms with van der Waals surface area (Å²) in [6.07, 6.45) is 4.26. The SMILES string of the molecule is Cn1ncc(C(=O)O)c1C(=O)NCCn1cc(Cl)cn1. The molecule has 106 valence electrons. The zero-order valence-electron chi connectivity index (χ0n) is 10.6. The third kappa shape index (κ3) is 2.97. The van der Waals surface area contributed by atoms with Gasteiger partial charge in [0.2, 0.25) is 0 Å². The first-order valence-electron chi connectivity index (χ1n) is 5.70. The maximum Gasteiger partial charge on any atom is 0.339 e. The Labute approximate surface area is 118 Å². The molecule has 0 spiro atoms. The van der Waals surface area contributed by atoms with Gasteiger partial charge in [-0.2, -0.15) is 10.2 Å². The average molecular weight is 298 g/mol. The van der Waals surface area contributed by atoms with Crippen LogP contribution in [-0.2, 0) is 13.6 Å². The van der Waals surface area contributed by atoms with Crippen molar-refractivity contribution in [1.82, 2.24) is 24.9 Å². The molecule has 0 aliphatic heterocycles. The van der Waals surface area contributed by atoms with Gasteiger partial charge in [0, 0.05) is 19.8 Å². The van der Waals surface area contributed by atoms with Crippen molar-refractivity contribution in [3.8, 4) is 0 Å². The Balaban J connectivity index is 1.98. The molecule has 0 aromatic carbocycles. The number of carboxylic acids is 1. The van der Waals surface area contributed by atoms with Gasteiger partial charge in [-0.1, -0.05) is 11.6 Å². The summed E-state index contributed by atoms with van der Waals surface area (Å²) < 4.78 is 2.80. The molecule has 20 heavy (non-hydrogen) atoms. The first-order valence-corrected chi connectivity index (χ1v) is 6.08. The molecule has 0 unspecified atom stereocenters. The zero-order valence-corrected chi connectivity index (χ0v) is 11.3. The van der Waals surface area contributed by atoms with Crippen LogP contribution >= 0.6 is 11.6 Å². The number of carbonyl (C=O) groups excluding carboxylic acids is 1. The lowest BCUT2D eigenvalue weighted by Gasteiger charge is -2.06. The summed E-state index contributed by atoms with van der Waals surface area (Å²) in [5.41, 5.74) is -0.122. The quantitative estimate of drug-likeness (QED) is 0.831. The van der Waals surface area contributed by atoms with Crippen LogP contribution in [-0.4, -0.2) is 43.1 Å². The number of carbonyl (C=O) groups is 2. The van der Waals surface area contributed by atoms with Crippen molar-refractivity contribution in [2.45, 2.75) is 6.54 Å². The fraction of sp³-hybridized carbons (Fsp3) is 0.273. The van der Waals surface area contributed by atoms with E-state index in [1.807, 2.05) is 0 Å². The summed E-state index contributed by atoms with van der Waals surface area (Å²) in [6.45, 7) is 0.722. The van der Waals surface area contributed by atoms with Gasteiger partial charge in [0.25, 0.3) is 5.91 Å². The molecule has 2 aromatic heterocycles. The molecule has 0 atom stereocenters. The van der Waals surface area contributed by atoms with Crippen LogP contribution in [0.1, 0.15) is 20.8 Å². The molecule has 0 saturated carbocycles. The van der Waals surface area contributed by atoms with E-state index in [2.05, 4.69) is 15.5 Å². The standard InChI is InChI=1S/C11H12ClN5O3/c1-16-9(8(5-14-16)11(19)20)10(18)13-2-3-17-6-7(12)4-15-17/h4-6H,2-3H2,1H3,(H,13,18)(H,19,20). The molecule has 0 radical (unpaired) electrons. The Kier molecular flexibility index (Phi) is 4.04. The van der Waals surface area contributed by atoms with E-state index in [-0.39, 0.29) is 11.3 Å². The van der Waals surface area contributed by atoms with Crippen LogP contribution in [0.3, 0.4) is 0 Å². The Hall–Kier alpha value is -2.35. The van der Waals surface area contributed by atoms with Gasteiger partial charge in [-0.15, -0.1) is 0 Å². The summed E-state index contributed by atoms with van der Waals surface area (Å²) in [4.78, 5) is 22.9. The van der Waals surface area contributed by atoms with Gasteiger partial charge in [0.05, 0.1) is 24.0 Å². The first-order chi connectivity index (χ1) is 9.49. The molecule has 2 N–H and O–H groups in total. The molecule has 2 heterocycles. The highest BCUT2D eigenvalue weighted by Crippen LogP contribution is 2.07. The van der Waals surface area contributed by atoms with Crippen LogP contribution in [0.4, 0.5) is 0 Å². The second kappa shape index (κ2) is 5.74. The molecule has 1 amide bonds. The summed E-state index contributed by atoms with van der Waals surface area (Å²) >= 11 is 5.71. The van der Waals surface area contributed by atoms with Gasteiger partial charge in [-0.25, -0.2) is 4.79 Å². The molecule has 0 saturated heterocycles. The average Bonchev–Trinajstić information content (AvgIpc) is 2.95. The minimum absolute atomic E-state index is 0.0102. The summed E-state index contributed by atoms with van der Waals surface area (Å²) in [6, 6.07) is 0. The third-order valence-electron chi connectivity index (χ3n) is 2.61. The highest BCUT2D eigenvalue weighted by atomic mass is 35.5. The van der Waals surface area contributed by atoms with Crippen molar-refractivity contribution in [1.29, 1.82) is 0 Å². The van der Waals surface area contributed by atoms with E-state index >= 15 is 0 Å². The highest BCUT2D eigenvalue weighted by molar-refractivity contribution is 6.30. The van der Waals surface area contributed by atoms with Gasteiger partial charge in [0.1, 0.15) is 11.3 Å². The van der Waals surface area contributed by atoms with Gasteiger partial charge >= 0.3 is 5.97 Å². The van der Waals surface area contributed by atoms with Crippen LogP contribution in [0.15, 0.2) is 18.6 Å².